The van der Waals surface area contributed by atoms with Crippen molar-refractivity contribution in [3.8, 4) is 6.07 Å². The van der Waals surface area contributed by atoms with Crippen molar-refractivity contribution < 1.29 is 17.9 Å². The Morgan fingerprint density at radius 1 is 1.10 bits per heavy atom. The number of sulfonamides is 1. The molecule has 0 spiro atoms. The van der Waals surface area contributed by atoms with Crippen LogP contribution in [0.3, 0.4) is 0 Å². The third-order valence-electron chi connectivity index (χ3n) is 3.75. The van der Waals surface area contributed by atoms with Crippen LogP contribution in [0, 0.1) is 11.3 Å². The van der Waals surface area contributed by atoms with E-state index in [1.165, 1.54) is 18.3 Å². The Kier molecular flexibility index (Phi) is 8.75. The van der Waals surface area contributed by atoms with Gasteiger partial charge in [0.1, 0.15) is 17.5 Å². The Bertz CT molecular complexity index is 928. The van der Waals surface area contributed by atoms with Crippen LogP contribution in [0.15, 0.2) is 35.4 Å². The SMILES string of the molecule is COCCCNS(=O)(=O)c1ccc(Nc2ncc(C#N)c(NCCOC)n2)cc1. The third-order valence-corrected chi connectivity index (χ3v) is 5.22. The summed E-state index contributed by atoms with van der Waals surface area (Å²) in [5, 5.41) is 15.2. The lowest BCUT2D eigenvalue weighted by Crippen LogP contribution is -2.25. The van der Waals surface area contributed by atoms with E-state index in [4.69, 9.17) is 14.7 Å². The highest BCUT2D eigenvalue weighted by molar-refractivity contribution is 7.89. The van der Waals surface area contributed by atoms with Crippen LogP contribution in [0.1, 0.15) is 12.0 Å². The summed E-state index contributed by atoms with van der Waals surface area (Å²) >= 11 is 0. The number of hydrogen-bond acceptors (Lipinski definition) is 9. The number of ether oxygens (including phenoxy) is 2. The van der Waals surface area contributed by atoms with Crippen LogP contribution in [0.25, 0.3) is 0 Å². The molecular weight excluding hydrogens is 396 g/mol. The summed E-state index contributed by atoms with van der Waals surface area (Å²) in [4.78, 5) is 8.55. The molecular formula is C18H24N6O4S. The lowest BCUT2D eigenvalue weighted by molar-refractivity contribution is 0.196. The van der Waals surface area contributed by atoms with Gasteiger partial charge in [-0.05, 0) is 30.7 Å². The van der Waals surface area contributed by atoms with Gasteiger partial charge in [-0.15, -0.1) is 0 Å². The molecule has 2 aromatic rings. The lowest BCUT2D eigenvalue weighted by Gasteiger charge is -2.10. The van der Waals surface area contributed by atoms with Gasteiger partial charge in [0.2, 0.25) is 16.0 Å². The zero-order valence-electron chi connectivity index (χ0n) is 16.3. The molecule has 0 unspecified atom stereocenters. The number of methoxy groups -OCH3 is 2. The molecule has 3 N–H and O–H groups in total. The van der Waals surface area contributed by atoms with Gasteiger partial charge in [-0.3, -0.25) is 0 Å². The summed E-state index contributed by atoms with van der Waals surface area (Å²) in [5.41, 5.74) is 0.920. The molecule has 10 nitrogen and oxygen atoms in total. The maximum atomic E-state index is 12.3. The Morgan fingerprint density at radius 2 is 1.83 bits per heavy atom. The molecule has 0 radical (unpaired) electrons. The molecule has 0 atom stereocenters. The minimum Gasteiger partial charge on any atom is -0.385 e. The van der Waals surface area contributed by atoms with E-state index in [1.807, 2.05) is 6.07 Å². The van der Waals surface area contributed by atoms with Gasteiger partial charge in [0, 0.05) is 39.6 Å². The van der Waals surface area contributed by atoms with E-state index in [9.17, 15) is 8.42 Å². The van der Waals surface area contributed by atoms with Crippen LogP contribution in [0.5, 0.6) is 0 Å². The summed E-state index contributed by atoms with van der Waals surface area (Å²) in [5.74, 6) is 0.665. The van der Waals surface area contributed by atoms with Crippen molar-refractivity contribution in [1.82, 2.24) is 14.7 Å². The number of benzene rings is 1. The summed E-state index contributed by atoms with van der Waals surface area (Å²) in [6.45, 7) is 1.74. The van der Waals surface area contributed by atoms with Gasteiger partial charge < -0.3 is 20.1 Å². The highest BCUT2D eigenvalue weighted by Gasteiger charge is 2.13. The molecule has 0 aliphatic rings. The van der Waals surface area contributed by atoms with Crippen LogP contribution in [0.4, 0.5) is 17.5 Å². The van der Waals surface area contributed by atoms with E-state index in [-0.39, 0.29) is 10.8 Å². The normalized spacial score (nSPS) is 11.1. The van der Waals surface area contributed by atoms with Crippen LogP contribution >= 0.6 is 0 Å². The second kappa shape index (κ2) is 11.3. The number of anilines is 3. The second-order valence-electron chi connectivity index (χ2n) is 5.88. The third kappa shape index (κ3) is 6.95. The lowest BCUT2D eigenvalue weighted by atomic mass is 10.3. The van der Waals surface area contributed by atoms with Gasteiger partial charge in [-0.1, -0.05) is 0 Å². The minimum atomic E-state index is -3.58. The maximum absolute atomic E-state index is 12.3. The second-order valence-corrected chi connectivity index (χ2v) is 7.65. The highest BCUT2D eigenvalue weighted by atomic mass is 32.2. The van der Waals surface area contributed by atoms with Crippen LogP contribution in [0.2, 0.25) is 0 Å². The largest absolute Gasteiger partial charge is 0.385 e. The fourth-order valence-corrected chi connectivity index (χ4v) is 3.36. The first-order chi connectivity index (χ1) is 14.0. The number of nitrogens with one attached hydrogen (secondary N) is 3. The van der Waals surface area contributed by atoms with E-state index < -0.39 is 10.0 Å². The molecule has 0 saturated heterocycles. The molecule has 156 valence electrons. The summed E-state index contributed by atoms with van der Waals surface area (Å²) < 4.78 is 36.9. The average Bonchev–Trinajstić information content (AvgIpc) is 2.72. The highest BCUT2D eigenvalue weighted by Crippen LogP contribution is 2.19. The van der Waals surface area contributed by atoms with Gasteiger partial charge in [0.25, 0.3) is 0 Å². The molecule has 0 aliphatic heterocycles. The zero-order valence-corrected chi connectivity index (χ0v) is 17.1. The predicted octanol–water partition coefficient (Wildman–Crippen LogP) is 1.46. The Morgan fingerprint density at radius 3 is 2.48 bits per heavy atom. The van der Waals surface area contributed by atoms with E-state index in [2.05, 4.69) is 25.3 Å². The first-order valence-electron chi connectivity index (χ1n) is 8.86. The molecule has 1 heterocycles. The zero-order chi connectivity index (χ0) is 21.1. The van der Waals surface area contributed by atoms with Gasteiger partial charge in [0.05, 0.1) is 17.7 Å². The molecule has 0 fully saturated rings. The smallest absolute Gasteiger partial charge is 0.240 e. The van der Waals surface area contributed by atoms with Crippen molar-refractivity contribution >= 4 is 27.5 Å². The fourth-order valence-electron chi connectivity index (χ4n) is 2.28. The maximum Gasteiger partial charge on any atom is 0.240 e. The van der Waals surface area contributed by atoms with Crippen molar-refractivity contribution in [2.24, 2.45) is 0 Å². The number of rotatable bonds is 12. The number of nitrogens with zero attached hydrogens (tertiary/aromatic N) is 3. The van der Waals surface area contributed by atoms with Gasteiger partial charge in [-0.2, -0.15) is 10.2 Å². The van der Waals surface area contributed by atoms with E-state index in [1.54, 1.807) is 26.4 Å². The van der Waals surface area contributed by atoms with E-state index in [0.717, 1.165) is 0 Å². The van der Waals surface area contributed by atoms with Crippen LogP contribution in [-0.4, -0.2) is 58.9 Å². The van der Waals surface area contributed by atoms with Gasteiger partial charge >= 0.3 is 0 Å². The molecule has 1 aromatic heterocycles. The van der Waals surface area contributed by atoms with Gasteiger partial charge in [0.15, 0.2) is 0 Å². The van der Waals surface area contributed by atoms with E-state index in [0.29, 0.717) is 49.8 Å². The first kappa shape index (κ1) is 22.5. The standard InChI is InChI=1S/C18H24N6O4S/c1-27-10-3-8-22-29(25,26)16-6-4-15(5-7-16)23-18-21-13-14(12-19)17(24-18)20-9-11-28-2/h4-7,13,22H,3,8-11H2,1-2H3,(H2,20,21,23,24). The number of hydrogen-bond donors (Lipinski definition) is 3. The van der Waals surface area contributed by atoms with Crippen LogP contribution < -0.4 is 15.4 Å². The molecule has 29 heavy (non-hydrogen) atoms. The number of nitriles is 1. The fraction of sp³-hybridized carbons (Fsp3) is 0.389. The molecule has 0 saturated carbocycles. The van der Waals surface area contributed by atoms with Crippen molar-refractivity contribution in [3.63, 3.8) is 0 Å². The molecule has 0 amide bonds. The molecule has 11 heteroatoms. The molecule has 1 aromatic carbocycles. The summed E-state index contributed by atoms with van der Waals surface area (Å²) in [7, 11) is -0.433. The van der Waals surface area contributed by atoms with Crippen molar-refractivity contribution in [3.05, 3.63) is 36.0 Å². The summed E-state index contributed by atoms with van der Waals surface area (Å²) in [6.07, 6.45) is 2.00. The number of aromatic nitrogens is 2. The monoisotopic (exact) mass is 420 g/mol. The summed E-state index contributed by atoms with van der Waals surface area (Å²) in [6, 6.07) is 8.23. The van der Waals surface area contributed by atoms with Crippen molar-refractivity contribution in [2.75, 3.05) is 51.2 Å². The quantitative estimate of drug-likeness (QED) is 0.436. The topological polar surface area (TPSA) is 138 Å². The first-order valence-corrected chi connectivity index (χ1v) is 10.3. The van der Waals surface area contributed by atoms with Crippen molar-refractivity contribution in [2.45, 2.75) is 11.3 Å². The van der Waals surface area contributed by atoms with E-state index >= 15 is 0 Å². The molecule has 2 rings (SSSR count). The van der Waals surface area contributed by atoms with Crippen LogP contribution in [-0.2, 0) is 19.5 Å². The predicted molar refractivity (Wildman–Crippen MR) is 109 cm³/mol. The van der Waals surface area contributed by atoms with Gasteiger partial charge in [-0.25, -0.2) is 18.1 Å². The average molecular weight is 420 g/mol. The Balaban J connectivity index is 2.05. The Labute approximate surface area is 170 Å². The molecule has 0 aliphatic carbocycles. The van der Waals surface area contributed by atoms with Crippen molar-refractivity contribution in [1.29, 1.82) is 5.26 Å². The minimum absolute atomic E-state index is 0.156. The molecule has 0 bridgehead atoms. The Hall–Kier alpha value is -2.78.